The van der Waals surface area contributed by atoms with Gasteiger partial charge < -0.3 is 9.64 Å². The average molecular weight is 464 g/mol. The van der Waals surface area contributed by atoms with E-state index in [0.29, 0.717) is 47.9 Å². The lowest BCUT2D eigenvalue weighted by Gasteiger charge is -2.37. The van der Waals surface area contributed by atoms with Gasteiger partial charge in [-0.15, -0.1) is 0 Å². The van der Waals surface area contributed by atoms with Crippen LogP contribution in [0.2, 0.25) is 0 Å². The van der Waals surface area contributed by atoms with Crippen molar-refractivity contribution in [1.82, 2.24) is 29.3 Å². The minimum absolute atomic E-state index is 0.0134. The molecule has 3 aromatic rings. The summed E-state index contributed by atoms with van der Waals surface area (Å²) in [6, 6.07) is 0.542. The Hall–Kier alpha value is -2.81. The van der Waals surface area contributed by atoms with Crippen molar-refractivity contribution < 1.29 is 4.74 Å². The van der Waals surface area contributed by atoms with Crippen LogP contribution in [0, 0.1) is 6.92 Å². The predicted octanol–water partition coefficient (Wildman–Crippen LogP) is 3.58. The normalized spacial score (nSPS) is 24.1. The van der Waals surface area contributed by atoms with Crippen molar-refractivity contribution >= 4 is 17.0 Å². The summed E-state index contributed by atoms with van der Waals surface area (Å²) in [6.07, 6.45) is 12.2. The molecule has 3 aromatic heterocycles. The molecule has 34 heavy (non-hydrogen) atoms. The molecule has 0 radical (unpaired) electrons. The summed E-state index contributed by atoms with van der Waals surface area (Å²) in [7, 11) is 1.76. The second-order valence-electron chi connectivity index (χ2n) is 10.3. The second kappa shape index (κ2) is 8.45. The maximum Gasteiger partial charge on any atom is 0.279 e. The number of hydrogen-bond donors (Lipinski definition) is 0. The zero-order valence-electron chi connectivity index (χ0n) is 20.3. The van der Waals surface area contributed by atoms with Gasteiger partial charge in [-0.3, -0.25) is 14.0 Å². The fraction of sp³-hybridized carbons (Fsp3) is 0.640. The van der Waals surface area contributed by atoms with E-state index in [1.165, 1.54) is 32.1 Å². The summed E-state index contributed by atoms with van der Waals surface area (Å²) < 4.78 is 9.95. The smallest absolute Gasteiger partial charge is 0.279 e. The zero-order valence-corrected chi connectivity index (χ0v) is 20.3. The molecule has 0 N–H and O–H groups in total. The fourth-order valence-corrected chi connectivity index (χ4v) is 5.42. The summed E-state index contributed by atoms with van der Waals surface area (Å²) in [4.78, 5) is 30.1. The molecule has 0 aromatic carbocycles. The molecule has 4 heterocycles. The lowest BCUT2D eigenvalue weighted by Crippen LogP contribution is -2.44. The molecule has 2 saturated carbocycles. The Morgan fingerprint density at radius 3 is 2.56 bits per heavy atom. The molecule has 0 spiro atoms. The molecule has 2 atom stereocenters. The molecule has 2 aliphatic carbocycles. The number of fused-ring (bicyclic) bond motifs is 1. The van der Waals surface area contributed by atoms with Crippen LogP contribution in [-0.2, 0) is 11.8 Å². The van der Waals surface area contributed by atoms with Crippen molar-refractivity contribution in [2.75, 3.05) is 18.0 Å². The first-order chi connectivity index (χ1) is 16.5. The molecular formula is C25H33N7O2. The highest BCUT2D eigenvalue weighted by atomic mass is 16.5. The molecular weight excluding hydrogens is 430 g/mol. The van der Waals surface area contributed by atoms with Crippen molar-refractivity contribution in [3.05, 3.63) is 39.8 Å². The monoisotopic (exact) mass is 463 g/mol. The molecule has 6 rings (SSSR count). The van der Waals surface area contributed by atoms with Gasteiger partial charge in [-0.1, -0.05) is 19.3 Å². The van der Waals surface area contributed by atoms with E-state index in [9.17, 15) is 4.79 Å². The Morgan fingerprint density at radius 1 is 1.00 bits per heavy atom. The molecule has 0 bridgehead atoms. The number of hydrogen-bond acceptors (Lipinski definition) is 7. The summed E-state index contributed by atoms with van der Waals surface area (Å²) in [6.45, 7) is 5.27. The van der Waals surface area contributed by atoms with Gasteiger partial charge in [0.2, 0.25) is 5.95 Å². The Bertz CT molecular complexity index is 1270. The molecule has 9 nitrogen and oxygen atoms in total. The lowest BCUT2D eigenvalue weighted by atomic mass is 9.86. The highest BCUT2D eigenvalue weighted by Crippen LogP contribution is 2.37. The van der Waals surface area contributed by atoms with Crippen molar-refractivity contribution in [3.8, 4) is 0 Å². The third kappa shape index (κ3) is 3.89. The highest BCUT2D eigenvalue weighted by Gasteiger charge is 2.32. The van der Waals surface area contributed by atoms with Gasteiger partial charge in [-0.05, 0) is 39.5 Å². The quantitative estimate of drug-likeness (QED) is 0.584. The van der Waals surface area contributed by atoms with Crippen molar-refractivity contribution in [1.29, 1.82) is 0 Å². The third-order valence-electron chi connectivity index (χ3n) is 7.61. The molecule has 9 heteroatoms. The largest absolute Gasteiger partial charge is 0.367 e. The van der Waals surface area contributed by atoms with Crippen LogP contribution in [-0.4, -0.2) is 48.5 Å². The number of rotatable bonds is 4. The predicted molar refractivity (Wildman–Crippen MR) is 129 cm³/mol. The van der Waals surface area contributed by atoms with E-state index in [4.69, 9.17) is 19.7 Å². The highest BCUT2D eigenvalue weighted by molar-refractivity contribution is 5.77. The summed E-state index contributed by atoms with van der Waals surface area (Å²) >= 11 is 0. The van der Waals surface area contributed by atoms with Crippen LogP contribution >= 0.6 is 0 Å². The summed E-state index contributed by atoms with van der Waals surface area (Å²) in [5.41, 5.74) is 3.03. The maximum atomic E-state index is 13.2. The van der Waals surface area contributed by atoms with E-state index < -0.39 is 0 Å². The van der Waals surface area contributed by atoms with Gasteiger partial charge in [0.15, 0.2) is 5.52 Å². The number of aryl methyl sites for hydroxylation is 1. The van der Waals surface area contributed by atoms with Crippen LogP contribution in [0.4, 0.5) is 5.95 Å². The van der Waals surface area contributed by atoms with Crippen molar-refractivity contribution in [2.45, 2.75) is 83.0 Å². The van der Waals surface area contributed by atoms with Gasteiger partial charge in [0.25, 0.3) is 5.56 Å². The number of morpholine rings is 1. The Morgan fingerprint density at radius 2 is 1.79 bits per heavy atom. The van der Waals surface area contributed by atoms with Gasteiger partial charge in [0.05, 0.1) is 30.6 Å². The van der Waals surface area contributed by atoms with E-state index in [2.05, 4.69) is 27.8 Å². The molecule has 1 saturated heterocycles. The van der Waals surface area contributed by atoms with E-state index >= 15 is 0 Å². The molecule has 0 unspecified atom stereocenters. The van der Waals surface area contributed by atoms with Crippen LogP contribution in [0.1, 0.15) is 87.0 Å². The van der Waals surface area contributed by atoms with Crippen molar-refractivity contribution in [2.24, 2.45) is 7.05 Å². The first kappa shape index (κ1) is 21.7. The Balaban J connectivity index is 1.40. The van der Waals surface area contributed by atoms with Crippen LogP contribution in [0.15, 0.2) is 17.2 Å². The minimum Gasteiger partial charge on any atom is -0.367 e. The molecule has 3 aliphatic rings. The lowest BCUT2D eigenvalue weighted by molar-refractivity contribution is -0.0179. The molecule has 1 aliphatic heterocycles. The summed E-state index contributed by atoms with van der Waals surface area (Å²) in [5, 5.41) is 4.56. The SMILES string of the molecule is Cc1nc2c(C3CCCCC3)nc(N3C[C@@H](C)O[C@@H](c4cnn(C5CC5)c4)C3)nc2c(=O)n1C. The topological polar surface area (TPSA) is 91.0 Å². The van der Waals surface area contributed by atoms with E-state index in [0.717, 1.165) is 24.1 Å². The number of ether oxygens (including phenoxy) is 1. The first-order valence-electron chi connectivity index (χ1n) is 12.7. The van der Waals surface area contributed by atoms with E-state index in [1.54, 1.807) is 11.6 Å². The van der Waals surface area contributed by atoms with Gasteiger partial charge in [-0.25, -0.2) is 15.0 Å². The summed E-state index contributed by atoms with van der Waals surface area (Å²) in [5.74, 6) is 1.63. The van der Waals surface area contributed by atoms with Crippen LogP contribution < -0.4 is 10.5 Å². The first-order valence-corrected chi connectivity index (χ1v) is 12.7. The third-order valence-corrected chi connectivity index (χ3v) is 7.61. The van der Waals surface area contributed by atoms with Crippen molar-refractivity contribution in [3.63, 3.8) is 0 Å². The molecule has 0 amide bonds. The van der Waals surface area contributed by atoms with E-state index in [-0.39, 0.29) is 17.8 Å². The van der Waals surface area contributed by atoms with E-state index in [1.807, 2.05) is 13.1 Å². The number of anilines is 1. The zero-order chi connectivity index (χ0) is 23.4. The molecule has 3 fully saturated rings. The minimum atomic E-state index is -0.105. The maximum absolute atomic E-state index is 13.2. The van der Waals surface area contributed by atoms with Gasteiger partial charge in [0.1, 0.15) is 17.4 Å². The standard InChI is InChI=1S/C25H33N7O2/c1-15-12-31(14-20(34-15)18-11-26-32(13-18)19-9-10-19)25-28-21(17-7-5-4-6-8-17)22-23(29-25)24(33)30(3)16(2)27-22/h11,13,15,17,19-20H,4-10,12,14H2,1-3H3/t15-,20-/m1/s1. The Kier molecular flexibility index (Phi) is 5.39. The van der Waals surface area contributed by atoms with Gasteiger partial charge in [-0.2, -0.15) is 5.10 Å². The van der Waals surface area contributed by atoms with Gasteiger partial charge >= 0.3 is 0 Å². The number of aromatic nitrogens is 6. The van der Waals surface area contributed by atoms with Crippen LogP contribution in [0.25, 0.3) is 11.0 Å². The van der Waals surface area contributed by atoms with Gasteiger partial charge in [0, 0.05) is 31.3 Å². The Labute approximate surface area is 199 Å². The fourth-order valence-electron chi connectivity index (χ4n) is 5.42. The molecule has 180 valence electrons. The second-order valence-corrected chi connectivity index (χ2v) is 10.3. The van der Waals surface area contributed by atoms with Crippen LogP contribution in [0.5, 0.6) is 0 Å². The van der Waals surface area contributed by atoms with Crippen LogP contribution in [0.3, 0.4) is 0 Å². The average Bonchev–Trinajstić information content (AvgIpc) is 3.58. The number of nitrogens with zero attached hydrogens (tertiary/aromatic N) is 7.